The van der Waals surface area contributed by atoms with Crippen LogP contribution in [0.2, 0.25) is 0 Å². The summed E-state index contributed by atoms with van der Waals surface area (Å²) in [6.45, 7) is 3.08. The van der Waals surface area contributed by atoms with E-state index >= 15 is 0 Å². The van der Waals surface area contributed by atoms with E-state index < -0.39 is 0 Å². The van der Waals surface area contributed by atoms with E-state index in [2.05, 4.69) is 5.32 Å². The Labute approximate surface area is 114 Å². The van der Waals surface area contributed by atoms with Crippen molar-refractivity contribution in [3.63, 3.8) is 0 Å². The highest BCUT2D eigenvalue weighted by atomic mass is 16.5. The molecule has 3 unspecified atom stereocenters. The summed E-state index contributed by atoms with van der Waals surface area (Å²) in [7, 11) is 0. The molecule has 0 radical (unpaired) electrons. The molecule has 0 aliphatic carbocycles. The smallest absolute Gasteiger partial charge is 0.225 e. The van der Waals surface area contributed by atoms with Crippen molar-refractivity contribution in [2.45, 2.75) is 31.9 Å². The van der Waals surface area contributed by atoms with Gasteiger partial charge in [-0.25, -0.2) is 0 Å². The van der Waals surface area contributed by atoms with Crippen molar-refractivity contribution in [3.8, 4) is 0 Å². The number of rotatable bonds is 5. The van der Waals surface area contributed by atoms with Crippen LogP contribution in [0.5, 0.6) is 0 Å². The molecule has 1 amide bonds. The van der Waals surface area contributed by atoms with E-state index in [9.17, 15) is 4.79 Å². The van der Waals surface area contributed by atoms with Gasteiger partial charge in [0.2, 0.25) is 5.91 Å². The lowest BCUT2D eigenvalue weighted by Crippen LogP contribution is -2.44. The molecule has 1 saturated heterocycles. The van der Waals surface area contributed by atoms with Crippen LogP contribution in [0.15, 0.2) is 30.3 Å². The second-order valence-corrected chi connectivity index (χ2v) is 5.10. The molecule has 0 aromatic heterocycles. The molecule has 4 heteroatoms. The molecule has 3 atom stereocenters. The SMILES string of the molecule is CC1OCCC1NC(=O)C(CN)Cc1ccccc1. The summed E-state index contributed by atoms with van der Waals surface area (Å²) in [6, 6.07) is 10.1. The van der Waals surface area contributed by atoms with Crippen LogP contribution in [-0.4, -0.2) is 31.2 Å². The van der Waals surface area contributed by atoms with Crippen LogP contribution in [0.1, 0.15) is 18.9 Å². The summed E-state index contributed by atoms with van der Waals surface area (Å²) in [4.78, 5) is 12.2. The molecule has 1 aliphatic heterocycles. The molecule has 4 nitrogen and oxygen atoms in total. The molecule has 1 aromatic rings. The highest BCUT2D eigenvalue weighted by Gasteiger charge is 2.28. The summed E-state index contributed by atoms with van der Waals surface area (Å²) in [5.41, 5.74) is 6.88. The average Bonchev–Trinajstić information content (AvgIpc) is 2.82. The monoisotopic (exact) mass is 262 g/mol. The van der Waals surface area contributed by atoms with Crippen molar-refractivity contribution < 1.29 is 9.53 Å². The average molecular weight is 262 g/mol. The Morgan fingerprint density at radius 1 is 1.47 bits per heavy atom. The molecular weight excluding hydrogens is 240 g/mol. The lowest BCUT2D eigenvalue weighted by Gasteiger charge is -2.20. The number of hydrogen-bond acceptors (Lipinski definition) is 3. The quantitative estimate of drug-likeness (QED) is 0.835. The van der Waals surface area contributed by atoms with Gasteiger partial charge in [-0.15, -0.1) is 0 Å². The number of carbonyl (C=O) groups excluding carboxylic acids is 1. The summed E-state index contributed by atoms with van der Waals surface area (Å²) in [6.07, 6.45) is 1.67. The molecule has 1 fully saturated rings. The largest absolute Gasteiger partial charge is 0.376 e. The number of carbonyl (C=O) groups is 1. The van der Waals surface area contributed by atoms with Crippen LogP contribution in [-0.2, 0) is 16.0 Å². The van der Waals surface area contributed by atoms with Gasteiger partial charge in [-0.2, -0.15) is 0 Å². The predicted octanol–water partition coefficient (Wildman–Crippen LogP) is 1.10. The molecule has 1 aliphatic rings. The van der Waals surface area contributed by atoms with Crippen LogP contribution >= 0.6 is 0 Å². The highest BCUT2D eigenvalue weighted by molar-refractivity contribution is 5.79. The molecular formula is C15H22N2O2. The Hall–Kier alpha value is -1.39. The van der Waals surface area contributed by atoms with Gasteiger partial charge < -0.3 is 15.8 Å². The van der Waals surface area contributed by atoms with E-state index in [1.165, 1.54) is 0 Å². The van der Waals surface area contributed by atoms with Gasteiger partial charge in [0.05, 0.1) is 18.1 Å². The van der Waals surface area contributed by atoms with E-state index in [1.54, 1.807) is 0 Å². The van der Waals surface area contributed by atoms with Gasteiger partial charge in [0, 0.05) is 13.2 Å². The fraction of sp³-hybridized carbons (Fsp3) is 0.533. The summed E-state index contributed by atoms with van der Waals surface area (Å²) >= 11 is 0. The number of amides is 1. The van der Waals surface area contributed by atoms with Crippen molar-refractivity contribution in [1.82, 2.24) is 5.32 Å². The standard InChI is InChI=1S/C15H22N2O2/c1-11-14(7-8-19-11)17-15(18)13(10-16)9-12-5-3-2-4-6-12/h2-6,11,13-14H,7-10,16H2,1H3,(H,17,18). The van der Waals surface area contributed by atoms with Gasteiger partial charge in [0.15, 0.2) is 0 Å². The number of benzene rings is 1. The van der Waals surface area contributed by atoms with Gasteiger partial charge >= 0.3 is 0 Å². The Bertz CT molecular complexity index is 408. The van der Waals surface area contributed by atoms with Crippen LogP contribution in [0, 0.1) is 5.92 Å². The van der Waals surface area contributed by atoms with E-state index in [4.69, 9.17) is 10.5 Å². The lowest BCUT2D eigenvalue weighted by molar-refractivity contribution is -0.125. The van der Waals surface area contributed by atoms with Crippen molar-refractivity contribution >= 4 is 5.91 Å². The Balaban J connectivity index is 1.91. The fourth-order valence-corrected chi connectivity index (χ4v) is 2.40. The minimum absolute atomic E-state index is 0.0358. The second-order valence-electron chi connectivity index (χ2n) is 5.10. The fourth-order valence-electron chi connectivity index (χ4n) is 2.40. The van der Waals surface area contributed by atoms with E-state index in [0.717, 1.165) is 18.6 Å². The van der Waals surface area contributed by atoms with Gasteiger partial charge in [-0.05, 0) is 25.3 Å². The van der Waals surface area contributed by atoms with Crippen molar-refractivity contribution in [2.75, 3.05) is 13.2 Å². The molecule has 104 valence electrons. The third kappa shape index (κ3) is 3.78. The molecule has 1 heterocycles. The third-order valence-corrected chi connectivity index (χ3v) is 3.68. The van der Waals surface area contributed by atoms with Gasteiger partial charge in [0.25, 0.3) is 0 Å². The summed E-state index contributed by atoms with van der Waals surface area (Å²) in [5.74, 6) is -0.135. The van der Waals surface area contributed by atoms with E-state index in [0.29, 0.717) is 13.0 Å². The van der Waals surface area contributed by atoms with Crippen LogP contribution < -0.4 is 11.1 Å². The Morgan fingerprint density at radius 3 is 2.79 bits per heavy atom. The molecule has 0 spiro atoms. The first-order valence-corrected chi connectivity index (χ1v) is 6.86. The molecule has 3 N–H and O–H groups in total. The first-order valence-electron chi connectivity index (χ1n) is 6.86. The molecule has 19 heavy (non-hydrogen) atoms. The minimum atomic E-state index is -0.171. The zero-order valence-corrected chi connectivity index (χ0v) is 11.3. The maximum absolute atomic E-state index is 12.2. The molecule has 2 rings (SSSR count). The predicted molar refractivity (Wildman–Crippen MR) is 74.7 cm³/mol. The zero-order chi connectivity index (χ0) is 13.7. The van der Waals surface area contributed by atoms with Crippen molar-refractivity contribution in [2.24, 2.45) is 11.7 Å². The van der Waals surface area contributed by atoms with Gasteiger partial charge in [-0.3, -0.25) is 4.79 Å². The maximum Gasteiger partial charge on any atom is 0.225 e. The molecule has 0 saturated carbocycles. The Morgan fingerprint density at radius 2 is 2.21 bits per heavy atom. The first-order chi connectivity index (χ1) is 9.20. The Kier molecular flexibility index (Phi) is 4.93. The first kappa shape index (κ1) is 14.0. The maximum atomic E-state index is 12.2. The minimum Gasteiger partial charge on any atom is -0.376 e. The summed E-state index contributed by atoms with van der Waals surface area (Å²) < 4.78 is 5.45. The molecule has 1 aromatic carbocycles. The van der Waals surface area contributed by atoms with Crippen molar-refractivity contribution in [1.29, 1.82) is 0 Å². The molecule has 0 bridgehead atoms. The zero-order valence-electron chi connectivity index (χ0n) is 11.3. The normalized spacial score (nSPS) is 24.1. The van der Waals surface area contributed by atoms with Crippen LogP contribution in [0.25, 0.3) is 0 Å². The van der Waals surface area contributed by atoms with E-state index in [1.807, 2.05) is 37.3 Å². The van der Waals surface area contributed by atoms with Crippen LogP contribution in [0.3, 0.4) is 0 Å². The highest BCUT2D eigenvalue weighted by Crippen LogP contribution is 2.14. The topological polar surface area (TPSA) is 64.3 Å². The van der Waals surface area contributed by atoms with E-state index in [-0.39, 0.29) is 24.0 Å². The lowest BCUT2D eigenvalue weighted by atomic mass is 9.98. The second kappa shape index (κ2) is 6.68. The number of ether oxygens (including phenoxy) is 1. The van der Waals surface area contributed by atoms with Gasteiger partial charge in [-0.1, -0.05) is 30.3 Å². The third-order valence-electron chi connectivity index (χ3n) is 3.68. The summed E-state index contributed by atoms with van der Waals surface area (Å²) in [5, 5.41) is 3.06. The number of nitrogens with two attached hydrogens (primary N) is 1. The number of nitrogens with one attached hydrogen (secondary N) is 1. The van der Waals surface area contributed by atoms with Crippen molar-refractivity contribution in [3.05, 3.63) is 35.9 Å². The number of hydrogen-bond donors (Lipinski definition) is 2. The van der Waals surface area contributed by atoms with Gasteiger partial charge in [0.1, 0.15) is 0 Å². The van der Waals surface area contributed by atoms with Crippen LogP contribution in [0.4, 0.5) is 0 Å².